The molecule has 0 fully saturated rings. The quantitative estimate of drug-likeness (QED) is 0.653. The Kier molecular flexibility index (Phi) is 14.4. The van der Waals surface area contributed by atoms with Crippen molar-refractivity contribution >= 4 is 0 Å². The van der Waals surface area contributed by atoms with Crippen molar-refractivity contribution in [3.63, 3.8) is 0 Å². The van der Waals surface area contributed by atoms with Crippen molar-refractivity contribution in [2.75, 3.05) is 6.61 Å². The molecule has 1 heteroatoms. The van der Waals surface area contributed by atoms with E-state index in [2.05, 4.69) is 39.5 Å². The Hall–Kier alpha value is -0.820. The first-order valence-corrected chi connectivity index (χ1v) is 6.59. The Morgan fingerprint density at radius 3 is 2.12 bits per heavy atom. The number of rotatable bonds is 6. The van der Waals surface area contributed by atoms with Crippen LogP contribution in [-0.2, 0) is 0 Å². The van der Waals surface area contributed by atoms with E-state index in [4.69, 9.17) is 5.11 Å². The zero-order chi connectivity index (χ0) is 13.7. The fourth-order valence-corrected chi connectivity index (χ4v) is 1.53. The fourth-order valence-electron chi connectivity index (χ4n) is 1.53. The van der Waals surface area contributed by atoms with E-state index in [1.165, 1.54) is 18.4 Å². The van der Waals surface area contributed by atoms with Gasteiger partial charge in [-0.15, -0.1) is 0 Å². The highest BCUT2D eigenvalue weighted by Gasteiger charge is 2.00. The van der Waals surface area contributed by atoms with Crippen molar-refractivity contribution in [3.05, 3.63) is 36.0 Å². The van der Waals surface area contributed by atoms with E-state index in [1.807, 2.05) is 19.9 Å². The van der Waals surface area contributed by atoms with E-state index in [0.29, 0.717) is 12.5 Å². The fraction of sp³-hybridized carbons (Fsp3) is 0.625. The second kappa shape index (κ2) is 13.2. The molecular weight excluding hydrogens is 208 g/mol. The van der Waals surface area contributed by atoms with Crippen molar-refractivity contribution < 1.29 is 5.11 Å². The molecule has 0 aromatic rings. The van der Waals surface area contributed by atoms with Gasteiger partial charge in [0, 0.05) is 6.61 Å². The van der Waals surface area contributed by atoms with Gasteiger partial charge in [-0.2, -0.15) is 0 Å². The van der Waals surface area contributed by atoms with Gasteiger partial charge in [0.1, 0.15) is 0 Å². The predicted molar refractivity (Wildman–Crippen MR) is 79.2 cm³/mol. The maximum Gasteiger partial charge on any atom is 0.0459 e. The summed E-state index contributed by atoms with van der Waals surface area (Å²) in [7, 11) is 0. The minimum Gasteiger partial charge on any atom is -0.396 e. The highest BCUT2D eigenvalue weighted by molar-refractivity contribution is 5.25. The Labute approximate surface area is 108 Å². The zero-order valence-electron chi connectivity index (χ0n) is 12.3. The van der Waals surface area contributed by atoms with Gasteiger partial charge in [0.05, 0.1) is 0 Å². The first-order chi connectivity index (χ1) is 8.01. The summed E-state index contributed by atoms with van der Waals surface area (Å²) < 4.78 is 0. The average molecular weight is 238 g/mol. The van der Waals surface area contributed by atoms with Gasteiger partial charge in [-0.05, 0) is 33.1 Å². The first-order valence-electron chi connectivity index (χ1n) is 6.59. The third-order valence-electron chi connectivity index (χ3n) is 2.44. The van der Waals surface area contributed by atoms with Crippen molar-refractivity contribution in [2.24, 2.45) is 5.92 Å². The molecule has 0 saturated heterocycles. The van der Waals surface area contributed by atoms with Crippen LogP contribution in [0.5, 0.6) is 0 Å². The molecule has 0 radical (unpaired) electrons. The summed E-state index contributed by atoms with van der Waals surface area (Å²) in [5.41, 5.74) is 2.36. The van der Waals surface area contributed by atoms with Gasteiger partial charge in [-0.1, -0.05) is 62.6 Å². The van der Waals surface area contributed by atoms with E-state index in [9.17, 15) is 0 Å². The first kappa shape index (κ1) is 18.5. The summed E-state index contributed by atoms with van der Waals surface area (Å²) >= 11 is 0. The van der Waals surface area contributed by atoms with Gasteiger partial charge < -0.3 is 5.11 Å². The smallest absolute Gasteiger partial charge is 0.0459 e. The topological polar surface area (TPSA) is 20.2 Å². The molecule has 0 amide bonds. The standard InChI is InChI=1S/C9H14.C7H16O/c1-5-6-9(4)7-8(2)3;1-3-5-7(4-2)6-8/h5-7H,2H2,1,3-4H3;7-8H,3-6H2,1-2H3/b6-5-,9-7-;. The number of allylic oxidation sites excluding steroid dienone is 5. The number of aliphatic hydroxyl groups excluding tert-OH is 1. The number of hydrogen-bond acceptors (Lipinski definition) is 1. The molecule has 0 aromatic heterocycles. The highest BCUT2D eigenvalue weighted by atomic mass is 16.3. The molecule has 0 aliphatic heterocycles. The van der Waals surface area contributed by atoms with Gasteiger partial charge >= 0.3 is 0 Å². The molecule has 0 heterocycles. The molecule has 0 bridgehead atoms. The maximum atomic E-state index is 8.66. The van der Waals surface area contributed by atoms with Crippen LogP contribution in [0.3, 0.4) is 0 Å². The molecule has 0 rings (SSSR count). The van der Waals surface area contributed by atoms with Gasteiger partial charge in [0.15, 0.2) is 0 Å². The lowest BCUT2D eigenvalue weighted by atomic mass is 10.0. The van der Waals surface area contributed by atoms with Gasteiger partial charge in [-0.25, -0.2) is 0 Å². The van der Waals surface area contributed by atoms with Crippen molar-refractivity contribution in [3.8, 4) is 0 Å². The molecule has 1 N–H and O–H groups in total. The van der Waals surface area contributed by atoms with Crippen molar-refractivity contribution in [1.29, 1.82) is 0 Å². The maximum absolute atomic E-state index is 8.66. The lowest BCUT2D eigenvalue weighted by molar-refractivity contribution is 0.214. The molecule has 0 aliphatic carbocycles. The molecule has 17 heavy (non-hydrogen) atoms. The number of hydrogen-bond donors (Lipinski definition) is 1. The van der Waals surface area contributed by atoms with Crippen LogP contribution in [0, 0.1) is 5.92 Å². The van der Waals surface area contributed by atoms with Crippen LogP contribution in [-0.4, -0.2) is 11.7 Å². The molecule has 0 aliphatic rings. The van der Waals surface area contributed by atoms with Crippen LogP contribution in [0.1, 0.15) is 53.9 Å². The minimum atomic E-state index is 0.365. The Bertz CT molecular complexity index is 232. The normalized spacial score (nSPS) is 13.2. The second-order valence-corrected chi connectivity index (χ2v) is 4.48. The largest absolute Gasteiger partial charge is 0.396 e. The summed E-state index contributed by atoms with van der Waals surface area (Å²) in [6, 6.07) is 0. The SMILES string of the molecule is C=C(C)/C=C(C)\C=C/C.CCCC(CC)CO. The van der Waals surface area contributed by atoms with Crippen LogP contribution >= 0.6 is 0 Å². The predicted octanol–water partition coefficient (Wildman–Crippen LogP) is 4.89. The van der Waals surface area contributed by atoms with Crippen LogP contribution < -0.4 is 0 Å². The molecule has 1 atom stereocenters. The van der Waals surface area contributed by atoms with E-state index in [-0.39, 0.29) is 0 Å². The van der Waals surface area contributed by atoms with Crippen LogP contribution in [0.2, 0.25) is 0 Å². The lowest BCUT2D eigenvalue weighted by Crippen LogP contribution is -2.02. The molecule has 1 nitrogen and oxygen atoms in total. The lowest BCUT2D eigenvalue weighted by Gasteiger charge is -2.07. The Morgan fingerprint density at radius 1 is 1.29 bits per heavy atom. The zero-order valence-corrected chi connectivity index (χ0v) is 12.3. The van der Waals surface area contributed by atoms with Gasteiger partial charge in [-0.3, -0.25) is 0 Å². The highest BCUT2D eigenvalue weighted by Crippen LogP contribution is 2.08. The van der Waals surface area contributed by atoms with Crippen LogP contribution in [0.15, 0.2) is 36.0 Å². The van der Waals surface area contributed by atoms with Crippen LogP contribution in [0.25, 0.3) is 0 Å². The summed E-state index contributed by atoms with van der Waals surface area (Å²) in [6.45, 7) is 14.5. The van der Waals surface area contributed by atoms with E-state index in [1.54, 1.807) is 0 Å². The van der Waals surface area contributed by atoms with Gasteiger partial charge in [0.2, 0.25) is 0 Å². The third kappa shape index (κ3) is 15.2. The second-order valence-electron chi connectivity index (χ2n) is 4.48. The molecule has 1 unspecified atom stereocenters. The van der Waals surface area contributed by atoms with E-state index < -0.39 is 0 Å². The van der Waals surface area contributed by atoms with Gasteiger partial charge in [0.25, 0.3) is 0 Å². The monoisotopic (exact) mass is 238 g/mol. The molecular formula is C16H30O. The van der Waals surface area contributed by atoms with E-state index >= 15 is 0 Å². The van der Waals surface area contributed by atoms with Crippen molar-refractivity contribution in [2.45, 2.75) is 53.9 Å². The summed E-state index contributed by atoms with van der Waals surface area (Å²) in [6.07, 6.45) is 9.62. The molecule has 0 saturated carbocycles. The minimum absolute atomic E-state index is 0.365. The molecule has 0 aromatic carbocycles. The van der Waals surface area contributed by atoms with Crippen LogP contribution in [0.4, 0.5) is 0 Å². The average Bonchev–Trinajstić information content (AvgIpc) is 2.26. The van der Waals surface area contributed by atoms with Crippen molar-refractivity contribution in [1.82, 2.24) is 0 Å². The Morgan fingerprint density at radius 2 is 1.88 bits per heavy atom. The van der Waals surface area contributed by atoms with E-state index in [0.717, 1.165) is 12.0 Å². The third-order valence-corrected chi connectivity index (χ3v) is 2.44. The number of aliphatic hydroxyl groups is 1. The summed E-state index contributed by atoms with van der Waals surface area (Å²) in [5.74, 6) is 0.556. The molecule has 0 spiro atoms. The summed E-state index contributed by atoms with van der Waals surface area (Å²) in [4.78, 5) is 0. The Balaban J connectivity index is 0. The molecule has 100 valence electrons. The summed E-state index contributed by atoms with van der Waals surface area (Å²) in [5, 5.41) is 8.66.